The molecule has 3 rings (SSSR count). The lowest BCUT2D eigenvalue weighted by Crippen LogP contribution is -1.93. The number of rotatable bonds is 2. The third kappa shape index (κ3) is 2.20. The van der Waals surface area contributed by atoms with Gasteiger partial charge < -0.3 is 5.11 Å². The Kier molecular flexibility index (Phi) is 2.76. The molecule has 0 radical (unpaired) electrons. The number of hydrogen-bond donors (Lipinski definition) is 1. The van der Waals surface area contributed by atoms with Crippen molar-refractivity contribution in [3.63, 3.8) is 0 Å². The average molecular weight is 254 g/mol. The molecule has 0 saturated heterocycles. The monoisotopic (exact) mass is 254 g/mol. The minimum atomic E-state index is -0.450. The fourth-order valence-corrected chi connectivity index (χ4v) is 1.96. The first-order valence-electron chi connectivity index (χ1n) is 5.83. The number of hydrogen-bond acceptors (Lipinski definition) is 2. The van der Waals surface area contributed by atoms with Crippen molar-refractivity contribution in [2.75, 3.05) is 0 Å². The van der Waals surface area contributed by atoms with Crippen molar-refractivity contribution in [2.45, 2.75) is 0 Å². The molecule has 0 aliphatic heterocycles. The van der Waals surface area contributed by atoms with Crippen LogP contribution in [0.3, 0.4) is 0 Å². The largest absolute Gasteiger partial charge is 0.507 e. The van der Waals surface area contributed by atoms with E-state index in [1.165, 1.54) is 6.07 Å². The van der Waals surface area contributed by atoms with Gasteiger partial charge in [0.1, 0.15) is 11.6 Å². The SMILES string of the molecule is Oc1cc(F)ccc1-c1ccc(-n2cccn2)cc1. The number of nitrogens with zero attached hydrogens (tertiary/aromatic N) is 2. The first-order valence-corrected chi connectivity index (χ1v) is 5.83. The number of benzene rings is 2. The molecule has 3 nitrogen and oxygen atoms in total. The predicted octanol–water partition coefficient (Wildman–Crippen LogP) is 3.38. The Labute approximate surface area is 109 Å². The molecule has 0 amide bonds. The van der Waals surface area contributed by atoms with Gasteiger partial charge in [-0.2, -0.15) is 5.10 Å². The van der Waals surface area contributed by atoms with Crippen LogP contribution in [-0.2, 0) is 0 Å². The molecule has 0 aliphatic carbocycles. The molecular weight excluding hydrogens is 243 g/mol. The smallest absolute Gasteiger partial charge is 0.126 e. The fraction of sp³-hybridized carbons (Fsp3) is 0. The van der Waals surface area contributed by atoms with E-state index in [-0.39, 0.29) is 5.75 Å². The van der Waals surface area contributed by atoms with Crippen LogP contribution < -0.4 is 0 Å². The summed E-state index contributed by atoms with van der Waals surface area (Å²) in [5.74, 6) is -0.513. The van der Waals surface area contributed by atoms with Crippen LogP contribution in [-0.4, -0.2) is 14.9 Å². The first-order chi connectivity index (χ1) is 9.24. The second-order valence-corrected chi connectivity index (χ2v) is 4.16. The minimum absolute atomic E-state index is 0.0631. The number of halogens is 1. The van der Waals surface area contributed by atoms with Crippen LogP contribution in [0.2, 0.25) is 0 Å². The zero-order valence-corrected chi connectivity index (χ0v) is 9.99. The van der Waals surface area contributed by atoms with E-state index in [1.54, 1.807) is 16.9 Å². The molecule has 2 aromatic carbocycles. The van der Waals surface area contributed by atoms with Crippen LogP contribution in [0.5, 0.6) is 5.75 Å². The summed E-state index contributed by atoms with van der Waals surface area (Å²) in [6.45, 7) is 0. The van der Waals surface area contributed by atoms with Gasteiger partial charge in [0, 0.05) is 24.0 Å². The Balaban J connectivity index is 1.98. The van der Waals surface area contributed by atoms with Crippen LogP contribution in [0.15, 0.2) is 60.9 Å². The van der Waals surface area contributed by atoms with Crippen LogP contribution in [0, 0.1) is 5.82 Å². The second kappa shape index (κ2) is 4.57. The topological polar surface area (TPSA) is 38.0 Å². The Morgan fingerprint density at radius 2 is 1.84 bits per heavy atom. The summed E-state index contributed by atoms with van der Waals surface area (Å²) < 4.78 is 14.7. The van der Waals surface area contributed by atoms with Crippen molar-refractivity contribution >= 4 is 0 Å². The highest BCUT2D eigenvalue weighted by molar-refractivity contribution is 5.70. The van der Waals surface area contributed by atoms with Gasteiger partial charge in [0.2, 0.25) is 0 Å². The van der Waals surface area contributed by atoms with E-state index in [9.17, 15) is 9.50 Å². The van der Waals surface area contributed by atoms with Gasteiger partial charge in [0.05, 0.1) is 5.69 Å². The van der Waals surface area contributed by atoms with E-state index >= 15 is 0 Å². The van der Waals surface area contributed by atoms with Crippen LogP contribution in [0.4, 0.5) is 4.39 Å². The molecule has 1 aromatic heterocycles. The van der Waals surface area contributed by atoms with Gasteiger partial charge in [-0.05, 0) is 35.9 Å². The Hall–Kier alpha value is -2.62. The molecule has 1 heterocycles. The lowest BCUT2D eigenvalue weighted by molar-refractivity contribution is 0.471. The molecule has 19 heavy (non-hydrogen) atoms. The molecule has 4 heteroatoms. The van der Waals surface area contributed by atoms with Gasteiger partial charge >= 0.3 is 0 Å². The van der Waals surface area contributed by atoms with E-state index in [4.69, 9.17) is 0 Å². The third-order valence-electron chi connectivity index (χ3n) is 2.91. The summed E-state index contributed by atoms with van der Waals surface area (Å²) in [6, 6.07) is 13.4. The Morgan fingerprint density at radius 1 is 1.05 bits per heavy atom. The van der Waals surface area contributed by atoms with E-state index in [2.05, 4.69) is 5.10 Å². The summed E-state index contributed by atoms with van der Waals surface area (Å²) in [4.78, 5) is 0. The zero-order chi connectivity index (χ0) is 13.2. The molecule has 0 bridgehead atoms. The number of aromatic nitrogens is 2. The van der Waals surface area contributed by atoms with E-state index in [1.807, 2.05) is 36.5 Å². The summed E-state index contributed by atoms with van der Waals surface area (Å²) in [5, 5.41) is 13.9. The highest BCUT2D eigenvalue weighted by Gasteiger charge is 2.05. The summed E-state index contributed by atoms with van der Waals surface area (Å²) in [7, 11) is 0. The van der Waals surface area contributed by atoms with E-state index in [0.717, 1.165) is 17.3 Å². The molecule has 3 aromatic rings. The second-order valence-electron chi connectivity index (χ2n) is 4.16. The molecule has 1 N–H and O–H groups in total. The Bertz CT molecular complexity index is 691. The molecule has 0 unspecified atom stereocenters. The van der Waals surface area contributed by atoms with Gasteiger partial charge in [-0.3, -0.25) is 0 Å². The van der Waals surface area contributed by atoms with Crippen molar-refractivity contribution in [1.29, 1.82) is 0 Å². The number of phenolic OH excluding ortho intramolecular Hbond substituents is 1. The van der Waals surface area contributed by atoms with Crippen molar-refractivity contribution in [1.82, 2.24) is 9.78 Å². The maximum Gasteiger partial charge on any atom is 0.126 e. The molecule has 94 valence electrons. The van der Waals surface area contributed by atoms with Gasteiger partial charge in [0.15, 0.2) is 0 Å². The lowest BCUT2D eigenvalue weighted by Gasteiger charge is -2.06. The van der Waals surface area contributed by atoms with Crippen molar-refractivity contribution in [3.05, 3.63) is 66.7 Å². The molecular formula is C15H11FN2O. The maximum atomic E-state index is 12.9. The van der Waals surface area contributed by atoms with Gasteiger partial charge in [-0.1, -0.05) is 12.1 Å². The van der Waals surface area contributed by atoms with Crippen LogP contribution in [0.25, 0.3) is 16.8 Å². The summed E-state index contributed by atoms with van der Waals surface area (Å²) in [5.41, 5.74) is 2.36. The highest BCUT2D eigenvalue weighted by Crippen LogP contribution is 2.30. The van der Waals surface area contributed by atoms with Crippen LogP contribution >= 0.6 is 0 Å². The molecule has 0 saturated carbocycles. The average Bonchev–Trinajstić information content (AvgIpc) is 2.93. The van der Waals surface area contributed by atoms with Gasteiger partial charge in [-0.15, -0.1) is 0 Å². The van der Waals surface area contributed by atoms with Crippen molar-refractivity contribution < 1.29 is 9.50 Å². The first kappa shape index (κ1) is 11.5. The summed E-state index contributed by atoms with van der Waals surface area (Å²) in [6.07, 6.45) is 3.56. The third-order valence-corrected chi connectivity index (χ3v) is 2.91. The van der Waals surface area contributed by atoms with Gasteiger partial charge in [0.25, 0.3) is 0 Å². The van der Waals surface area contributed by atoms with Crippen molar-refractivity contribution in [3.8, 4) is 22.6 Å². The van der Waals surface area contributed by atoms with E-state index in [0.29, 0.717) is 5.56 Å². The lowest BCUT2D eigenvalue weighted by atomic mass is 10.0. The maximum absolute atomic E-state index is 12.9. The molecule has 0 atom stereocenters. The zero-order valence-electron chi connectivity index (χ0n) is 9.99. The minimum Gasteiger partial charge on any atom is -0.507 e. The summed E-state index contributed by atoms with van der Waals surface area (Å²) >= 11 is 0. The predicted molar refractivity (Wildman–Crippen MR) is 70.6 cm³/mol. The fourth-order valence-electron chi connectivity index (χ4n) is 1.96. The standard InChI is InChI=1S/C15H11FN2O/c16-12-4-7-14(15(19)10-12)11-2-5-13(6-3-11)18-9-1-8-17-18/h1-10,19H. The number of phenols is 1. The molecule has 0 spiro atoms. The molecule has 0 fully saturated rings. The Morgan fingerprint density at radius 3 is 2.47 bits per heavy atom. The van der Waals surface area contributed by atoms with Gasteiger partial charge in [-0.25, -0.2) is 9.07 Å². The van der Waals surface area contributed by atoms with Crippen molar-refractivity contribution in [2.24, 2.45) is 0 Å². The van der Waals surface area contributed by atoms with E-state index < -0.39 is 5.82 Å². The number of aromatic hydroxyl groups is 1. The highest BCUT2D eigenvalue weighted by atomic mass is 19.1. The quantitative estimate of drug-likeness (QED) is 0.761. The van der Waals surface area contributed by atoms with Crippen LogP contribution in [0.1, 0.15) is 0 Å². The normalized spacial score (nSPS) is 10.6. The molecule has 0 aliphatic rings.